The quantitative estimate of drug-likeness (QED) is 0.778. The van der Waals surface area contributed by atoms with E-state index in [9.17, 15) is 9.59 Å². The fourth-order valence-electron chi connectivity index (χ4n) is 3.38. The highest BCUT2D eigenvalue weighted by molar-refractivity contribution is 5.91. The third kappa shape index (κ3) is 3.45. The van der Waals surface area contributed by atoms with Crippen molar-refractivity contribution in [2.45, 2.75) is 39.8 Å². The molecule has 1 saturated heterocycles. The van der Waals surface area contributed by atoms with Gasteiger partial charge in [0, 0.05) is 36.9 Å². The Balaban J connectivity index is 1.68. The highest BCUT2D eigenvalue weighted by Gasteiger charge is 2.28. The van der Waals surface area contributed by atoms with Gasteiger partial charge in [-0.05, 0) is 39.3 Å². The van der Waals surface area contributed by atoms with Crippen LogP contribution in [0.2, 0.25) is 0 Å². The van der Waals surface area contributed by atoms with Crippen molar-refractivity contribution in [2.75, 3.05) is 19.7 Å². The molecule has 0 aliphatic carbocycles. The van der Waals surface area contributed by atoms with Gasteiger partial charge in [0.05, 0.1) is 18.2 Å². The summed E-state index contributed by atoms with van der Waals surface area (Å²) in [5.74, 6) is -0.277. The summed E-state index contributed by atoms with van der Waals surface area (Å²) >= 11 is 0. The number of hydrogen-bond acceptors (Lipinski definition) is 4. The second-order valence-corrected chi connectivity index (χ2v) is 6.36. The predicted molar refractivity (Wildman–Crippen MR) is 92.3 cm³/mol. The second kappa shape index (κ2) is 7.13. The Morgan fingerprint density at radius 2 is 2.16 bits per heavy atom. The maximum Gasteiger partial charge on any atom is 0.339 e. The van der Waals surface area contributed by atoms with Crippen molar-refractivity contribution in [3.63, 3.8) is 0 Å². The van der Waals surface area contributed by atoms with E-state index in [0.717, 1.165) is 24.4 Å². The monoisotopic (exact) mass is 344 g/mol. The Hall–Kier alpha value is -2.57. The highest BCUT2D eigenvalue weighted by atomic mass is 16.5. The lowest BCUT2D eigenvalue weighted by molar-refractivity contribution is -0.130. The minimum atomic E-state index is -0.339. The zero-order valence-corrected chi connectivity index (χ0v) is 14.9. The molecule has 3 rings (SSSR count). The second-order valence-electron chi connectivity index (χ2n) is 6.36. The number of carbonyl (C=O) groups is 2. The van der Waals surface area contributed by atoms with Gasteiger partial charge in [-0.3, -0.25) is 9.48 Å². The number of hydrogen-bond donors (Lipinski definition) is 0. The van der Waals surface area contributed by atoms with Crippen molar-refractivity contribution in [3.8, 4) is 0 Å². The van der Waals surface area contributed by atoms with Gasteiger partial charge in [0.2, 0.25) is 5.91 Å². The van der Waals surface area contributed by atoms with E-state index in [1.165, 1.54) is 0 Å². The van der Waals surface area contributed by atoms with Gasteiger partial charge in [-0.1, -0.05) is 0 Å². The van der Waals surface area contributed by atoms with Crippen LogP contribution in [0.15, 0.2) is 24.5 Å². The van der Waals surface area contributed by atoms with Crippen LogP contribution < -0.4 is 0 Å². The van der Waals surface area contributed by atoms with Crippen molar-refractivity contribution >= 4 is 11.9 Å². The first-order valence-electron chi connectivity index (χ1n) is 8.62. The molecule has 7 heteroatoms. The third-order valence-electron chi connectivity index (χ3n) is 4.78. The van der Waals surface area contributed by atoms with Crippen molar-refractivity contribution < 1.29 is 14.3 Å². The van der Waals surface area contributed by atoms with Crippen LogP contribution in [-0.4, -0.2) is 50.8 Å². The molecule has 0 aromatic carbocycles. The van der Waals surface area contributed by atoms with Gasteiger partial charge < -0.3 is 14.2 Å². The zero-order chi connectivity index (χ0) is 18.0. The minimum Gasteiger partial charge on any atom is -0.462 e. The number of aryl methyl sites for hydroxylation is 1. The van der Waals surface area contributed by atoms with E-state index in [0.29, 0.717) is 18.7 Å². The average molecular weight is 344 g/mol. The predicted octanol–water partition coefficient (Wildman–Crippen LogP) is 1.95. The summed E-state index contributed by atoms with van der Waals surface area (Å²) in [5, 5.41) is 4.27. The van der Waals surface area contributed by atoms with Gasteiger partial charge in [-0.2, -0.15) is 5.10 Å². The molecule has 0 unspecified atom stereocenters. The molecule has 0 spiro atoms. The summed E-state index contributed by atoms with van der Waals surface area (Å²) in [6, 6.07) is 3.92. The van der Waals surface area contributed by atoms with Crippen molar-refractivity contribution in [1.29, 1.82) is 0 Å². The van der Waals surface area contributed by atoms with Crippen molar-refractivity contribution in [3.05, 3.63) is 41.5 Å². The van der Waals surface area contributed by atoms with Gasteiger partial charge in [-0.25, -0.2) is 4.79 Å². The molecule has 2 aromatic rings. The maximum absolute atomic E-state index is 12.7. The lowest BCUT2D eigenvalue weighted by Crippen LogP contribution is -2.32. The molecule has 1 aliphatic heterocycles. The Bertz CT molecular complexity index is 764. The van der Waals surface area contributed by atoms with Gasteiger partial charge in [0.25, 0.3) is 0 Å². The van der Waals surface area contributed by atoms with Gasteiger partial charge in [-0.15, -0.1) is 0 Å². The van der Waals surface area contributed by atoms with Crippen LogP contribution in [0.3, 0.4) is 0 Å². The van der Waals surface area contributed by atoms with Crippen molar-refractivity contribution in [2.24, 2.45) is 0 Å². The van der Waals surface area contributed by atoms with E-state index < -0.39 is 0 Å². The maximum atomic E-state index is 12.7. The molecule has 1 aliphatic rings. The van der Waals surface area contributed by atoms with Crippen LogP contribution in [0.25, 0.3) is 0 Å². The molecule has 1 amide bonds. The Morgan fingerprint density at radius 1 is 1.36 bits per heavy atom. The molecule has 0 radical (unpaired) electrons. The molecule has 0 saturated carbocycles. The first-order valence-corrected chi connectivity index (χ1v) is 8.62. The Kier molecular flexibility index (Phi) is 4.92. The summed E-state index contributed by atoms with van der Waals surface area (Å²) < 4.78 is 8.88. The first-order chi connectivity index (χ1) is 12.0. The Labute approximate surface area is 147 Å². The lowest BCUT2D eigenvalue weighted by Gasteiger charge is -2.18. The first kappa shape index (κ1) is 17.3. The normalized spacial score (nSPS) is 17.1. The fraction of sp³-hybridized carbons (Fsp3) is 0.500. The van der Waals surface area contributed by atoms with E-state index in [1.54, 1.807) is 19.2 Å². The van der Waals surface area contributed by atoms with E-state index in [-0.39, 0.29) is 24.5 Å². The van der Waals surface area contributed by atoms with Crippen LogP contribution in [0, 0.1) is 13.8 Å². The number of aromatic nitrogens is 3. The molecular weight excluding hydrogens is 320 g/mol. The van der Waals surface area contributed by atoms with Crippen LogP contribution in [0.5, 0.6) is 0 Å². The molecule has 0 N–H and O–H groups in total. The third-order valence-corrected chi connectivity index (χ3v) is 4.78. The fourth-order valence-corrected chi connectivity index (χ4v) is 3.38. The smallest absolute Gasteiger partial charge is 0.339 e. The number of likely N-dealkylation sites (tertiary alicyclic amines) is 1. The van der Waals surface area contributed by atoms with Crippen LogP contribution in [0.4, 0.5) is 0 Å². The summed E-state index contributed by atoms with van der Waals surface area (Å²) in [6.45, 7) is 7.51. The number of carbonyl (C=O) groups excluding carboxylic acids is 2. The number of esters is 1. The molecule has 3 heterocycles. The summed E-state index contributed by atoms with van der Waals surface area (Å²) in [5.41, 5.74) is 2.19. The molecular formula is C18H24N4O3. The summed E-state index contributed by atoms with van der Waals surface area (Å²) in [7, 11) is 0. The van der Waals surface area contributed by atoms with E-state index in [4.69, 9.17) is 4.74 Å². The number of ether oxygens (including phenoxy) is 1. The van der Waals surface area contributed by atoms with E-state index in [1.807, 2.05) is 40.3 Å². The molecule has 2 aromatic heterocycles. The molecule has 1 fully saturated rings. The number of nitrogens with zero attached hydrogens (tertiary/aromatic N) is 4. The SMILES string of the molecule is CCOC(=O)c1cc(C)n(CC(=O)N2CC[C@@H](n3cccn3)C2)c1C. The van der Waals surface area contributed by atoms with Gasteiger partial charge in [0.1, 0.15) is 6.54 Å². The highest BCUT2D eigenvalue weighted by Crippen LogP contribution is 2.22. The summed E-state index contributed by atoms with van der Waals surface area (Å²) in [6.07, 6.45) is 4.60. The molecule has 25 heavy (non-hydrogen) atoms. The van der Waals surface area contributed by atoms with Crippen LogP contribution >= 0.6 is 0 Å². The lowest BCUT2D eigenvalue weighted by atomic mass is 10.2. The van der Waals surface area contributed by atoms with Crippen LogP contribution in [0.1, 0.15) is 41.1 Å². The topological polar surface area (TPSA) is 69.4 Å². The molecule has 0 bridgehead atoms. The molecule has 1 atom stereocenters. The minimum absolute atomic E-state index is 0.0619. The Morgan fingerprint density at radius 3 is 2.84 bits per heavy atom. The van der Waals surface area contributed by atoms with Gasteiger partial charge >= 0.3 is 5.97 Å². The van der Waals surface area contributed by atoms with E-state index >= 15 is 0 Å². The molecule has 7 nitrogen and oxygen atoms in total. The standard InChI is InChI=1S/C18H24N4O3/c1-4-25-18(24)16-10-13(2)21(14(16)3)12-17(23)20-9-6-15(11-20)22-8-5-7-19-22/h5,7-8,10,15H,4,6,9,11-12H2,1-3H3/t15-/m1/s1. The van der Waals surface area contributed by atoms with Gasteiger partial charge in [0.15, 0.2) is 0 Å². The largest absolute Gasteiger partial charge is 0.462 e. The van der Waals surface area contributed by atoms with Crippen LogP contribution in [-0.2, 0) is 16.1 Å². The van der Waals surface area contributed by atoms with E-state index in [2.05, 4.69) is 5.10 Å². The average Bonchev–Trinajstić information content (AvgIpc) is 3.30. The van der Waals surface area contributed by atoms with Crippen molar-refractivity contribution in [1.82, 2.24) is 19.2 Å². The number of amides is 1. The molecule has 134 valence electrons. The zero-order valence-electron chi connectivity index (χ0n) is 14.9. The summed E-state index contributed by atoms with van der Waals surface area (Å²) in [4.78, 5) is 26.6. The number of rotatable bonds is 5.